The first-order valence-corrected chi connectivity index (χ1v) is 6.31. The summed E-state index contributed by atoms with van der Waals surface area (Å²) in [6, 6.07) is 0.557. The van der Waals surface area contributed by atoms with Gasteiger partial charge in [-0.25, -0.2) is 15.8 Å². The summed E-state index contributed by atoms with van der Waals surface area (Å²) >= 11 is 0. The van der Waals surface area contributed by atoms with Gasteiger partial charge in [0.05, 0.1) is 0 Å². The Kier molecular flexibility index (Phi) is 3.78. The molecule has 1 heterocycles. The first-order valence-electron chi connectivity index (χ1n) is 6.31. The van der Waals surface area contributed by atoms with Crippen LogP contribution >= 0.6 is 0 Å². The summed E-state index contributed by atoms with van der Waals surface area (Å²) in [4.78, 5) is 8.49. The molecule has 0 bridgehead atoms. The van der Waals surface area contributed by atoms with Crippen LogP contribution in [0.1, 0.15) is 38.7 Å². The van der Waals surface area contributed by atoms with E-state index in [1.54, 1.807) is 6.33 Å². The van der Waals surface area contributed by atoms with Crippen LogP contribution in [0.5, 0.6) is 0 Å². The molecule has 0 spiro atoms. The topological polar surface area (TPSA) is 75.9 Å². The number of hydrogen-bond acceptors (Lipinski definition) is 5. The van der Waals surface area contributed by atoms with Crippen LogP contribution in [0.25, 0.3) is 0 Å². The van der Waals surface area contributed by atoms with Crippen LogP contribution in [0.3, 0.4) is 0 Å². The smallest absolute Gasteiger partial charge is 0.148 e. The number of hydrazine groups is 1. The van der Waals surface area contributed by atoms with Crippen molar-refractivity contribution in [3.8, 4) is 0 Å². The zero-order valence-corrected chi connectivity index (χ0v) is 10.5. The van der Waals surface area contributed by atoms with Gasteiger partial charge in [-0.3, -0.25) is 0 Å². The van der Waals surface area contributed by atoms with Gasteiger partial charge in [-0.15, -0.1) is 0 Å². The maximum absolute atomic E-state index is 5.48. The van der Waals surface area contributed by atoms with Crippen LogP contribution < -0.4 is 16.6 Å². The van der Waals surface area contributed by atoms with Crippen LogP contribution in [0, 0.1) is 5.92 Å². The Balaban J connectivity index is 2.13. The lowest BCUT2D eigenvalue weighted by Crippen LogP contribution is -2.34. The molecule has 0 amide bonds. The van der Waals surface area contributed by atoms with Gasteiger partial charge in [-0.2, -0.15) is 0 Å². The van der Waals surface area contributed by atoms with Gasteiger partial charge in [0.15, 0.2) is 0 Å². The van der Waals surface area contributed by atoms with Crippen LogP contribution in [0.2, 0.25) is 0 Å². The number of rotatable bonds is 5. The molecule has 5 nitrogen and oxygen atoms in total. The van der Waals surface area contributed by atoms with Crippen molar-refractivity contribution in [2.24, 2.45) is 11.8 Å². The van der Waals surface area contributed by atoms with Gasteiger partial charge >= 0.3 is 0 Å². The molecule has 0 aliphatic heterocycles. The molecule has 2 rings (SSSR count). The highest BCUT2D eigenvalue weighted by Gasteiger charge is 2.26. The lowest BCUT2D eigenvalue weighted by Gasteiger charge is -2.34. The molecule has 1 saturated carbocycles. The molecule has 1 fully saturated rings. The highest BCUT2D eigenvalue weighted by molar-refractivity contribution is 5.57. The Morgan fingerprint density at radius 1 is 1.35 bits per heavy atom. The largest absolute Gasteiger partial charge is 0.367 e. The molecular weight excluding hydrogens is 214 g/mol. The van der Waals surface area contributed by atoms with Crippen molar-refractivity contribution in [2.75, 3.05) is 10.7 Å². The fourth-order valence-electron chi connectivity index (χ4n) is 2.36. The Bertz CT molecular complexity index is 373. The van der Waals surface area contributed by atoms with Crippen molar-refractivity contribution < 1.29 is 0 Å². The number of nitrogens with one attached hydrogen (secondary N) is 2. The predicted octanol–water partition coefficient (Wildman–Crippen LogP) is 1.93. The van der Waals surface area contributed by atoms with Gasteiger partial charge in [-0.05, 0) is 25.2 Å². The maximum atomic E-state index is 5.48. The van der Waals surface area contributed by atoms with E-state index >= 15 is 0 Å². The molecule has 94 valence electrons. The van der Waals surface area contributed by atoms with E-state index in [2.05, 4.69) is 34.6 Å². The van der Waals surface area contributed by atoms with Crippen molar-refractivity contribution >= 4 is 11.6 Å². The van der Waals surface area contributed by atoms with Crippen LogP contribution in [-0.4, -0.2) is 16.0 Å². The van der Waals surface area contributed by atoms with Crippen molar-refractivity contribution in [1.29, 1.82) is 0 Å². The first kappa shape index (κ1) is 12.1. The lowest BCUT2D eigenvalue weighted by atomic mass is 9.82. The van der Waals surface area contributed by atoms with Crippen LogP contribution in [-0.2, 0) is 6.42 Å². The molecule has 1 aliphatic rings. The summed E-state index contributed by atoms with van der Waals surface area (Å²) in [5, 5.41) is 3.49. The van der Waals surface area contributed by atoms with E-state index in [1.165, 1.54) is 12.8 Å². The van der Waals surface area contributed by atoms with Crippen molar-refractivity contribution in [2.45, 2.75) is 45.6 Å². The molecule has 1 aromatic heterocycles. The van der Waals surface area contributed by atoms with Gasteiger partial charge in [0.1, 0.15) is 18.0 Å². The Labute approximate surface area is 102 Å². The zero-order valence-electron chi connectivity index (χ0n) is 10.5. The van der Waals surface area contributed by atoms with Gasteiger partial charge < -0.3 is 10.7 Å². The summed E-state index contributed by atoms with van der Waals surface area (Å²) in [5.41, 5.74) is 3.74. The van der Waals surface area contributed by atoms with Gasteiger partial charge in [0, 0.05) is 11.6 Å². The molecule has 0 unspecified atom stereocenters. The number of aromatic nitrogens is 2. The predicted molar refractivity (Wildman–Crippen MR) is 69.6 cm³/mol. The average molecular weight is 235 g/mol. The monoisotopic (exact) mass is 235 g/mol. The standard InChI is InChI=1S/C12H21N5/c1-3-4-10-11(14-7-15-12(10)17-13)16-9-5-8(2)6-9/h7-9H,3-6,13H2,1-2H3,(H2,14,15,16,17). The number of hydrogen-bond donors (Lipinski definition) is 3. The van der Waals surface area contributed by atoms with E-state index in [1.807, 2.05) is 0 Å². The molecule has 1 aromatic rings. The van der Waals surface area contributed by atoms with E-state index in [0.717, 1.165) is 36.0 Å². The zero-order chi connectivity index (χ0) is 12.3. The number of nitrogen functional groups attached to an aromatic ring is 1. The van der Waals surface area contributed by atoms with E-state index in [9.17, 15) is 0 Å². The molecule has 5 heteroatoms. The third kappa shape index (κ3) is 2.66. The SMILES string of the molecule is CCCc1c(NN)ncnc1NC1CC(C)C1. The van der Waals surface area contributed by atoms with E-state index in [0.29, 0.717) is 6.04 Å². The summed E-state index contributed by atoms with van der Waals surface area (Å²) < 4.78 is 0. The molecule has 0 atom stereocenters. The maximum Gasteiger partial charge on any atom is 0.148 e. The Morgan fingerprint density at radius 3 is 2.65 bits per heavy atom. The minimum Gasteiger partial charge on any atom is -0.367 e. The highest BCUT2D eigenvalue weighted by atomic mass is 15.3. The van der Waals surface area contributed by atoms with Gasteiger partial charge in [0.2, 0.25) is 0 Å². The van der Waals surface area contributed by atoms with Crippen LogP contribution in [0.15, 0.2) is 6.33 Å². The number of anilines is 2. The van der Waals surface area contributed by atoms with Crippen molar-refractivity contribution in [3.63, 3.8) is 0 Å². The molecule has 0 saturated heterocycles. The molecule has 0 aromatic carbocycles. The fourth-order valence-corrected chi connectivity index (χ4v) is 2.36. The second-order valence-corrected chi connectivity index (χ2v) is 4.86. The normalized spacial score (nSPS) is 23.0. The minimum absolute atomic E-state index is 0.557. The fraction of sp³-hybridized carbons (Fsp3) is 0.667. The van der Waals surface area contributed by atoms with E-state index in [-0.39, 0.29) is 0 Å². The molecule has 1 aliphatic carbocycles. The number of nitrogens with zero attached hydrogens (tertiary/aromatic N) is 2. The van der Waals surface area contributed by atoms with E-state index in [4.69, 9.17) is 5.84 Å². The quantitative estimate of drug-likeness (QED) is 0.537. The molecule has 17 heavy (non-hydrogen) atoms. The lowest BCUT2D eigenvalue weighted by molar-refractivity contribution is 0.308. The number of nitrogens with two attached hydrogens (primary N) is 1. The second-order valence-electron chi connectivity index (χ2n) is 4.86. The van der Waals surface area contributed by atoms with Crippen LogP contribution in [0.4, 0.5) is 11.6 Å². The Hall–Kier alpha value is -1.36. The summed E-state index contributed by atoms with van der Waals surface area (Å²) in [6.07, 6.45) is 5.99. The third-order valence-electron chi connectivity index (χ3n) is 3.30. The molecule has 0 radical (unpaired) electrons. The summed E-state index contributed by atoms with van der Waals surface area (Å²) in [7, 11) is 0. The average Bonchev–Trinajstić information content (AvgIpc) is 2.29. The van der Waals surface area contributed by atoms with Crippen molar-refractivity contribution in [3.05, 3.63) is 11.9 Å². The Morgan fingerprint density at radius 2 is 2.06 bits per heavy atom. The molecule has 4 N–H and O–H groups in total. The summed E-state index contributed by atoms with van der Waals surface area (Å²) in [6.45, 7) is 4.42. The summed E-state index contributed by atoms with van der Waals surface area (Å²) in [5.74, 6) is 7.98. The second kappa shape index (κ2) is 5.31. The van der Waals surface area contributed by atoms with Gasteiger partial charge in [-0.1, -0.05) is 20.3 Å². The van der Waals surface area contributed by atoms with Gasteiger partial charge in [0.25, 0.3) is 0 Å². The van der Waals surface area contributed by atoms with E-state index < -0.39 is 0 Å². The van der Waals surface area contributed by atoms with Crippen molar-refractivity contribution in [1.82, 2.24) is 9.97 Å². The third-order valence-corrected chi connectivity index (χ3v) is 3.30. The molecular formula is C12H21N5. The first-order chi connectivity index (χ1) is 8.24. The minimum atomic E-state index is 0.557. The highest BCUT2D eigenvalue weighted by Crippen LogP contribution is 2.31.